The van der Waals surface area contributed by atoms with Gasteiger partial charge in [0.1, 0.15) is 0 Å². The molecule has 0 fully saturated rings. The Balaban J connectivity index is 1.50. The van der Waals surface area contributed by atoms with Crippen LogP contribution in [0.15, 0.2) is 212 Å². The van der Waals surface area contributed by atoms with Crippen molar-refractivity contribution in [2.24, 2.45) is 0 Å². The number of benzene rings is 9. The summed E-state index contributed by atoms with van der Waals surface area (Å²) in [5.41, 5.74) is -9.52. The van der Waals surface area contributed by atoms with Crippen LogP contribution in [-0.2, 0) is 0 Å². The minimum absolute atomic E-state index is 0.532. The molecule has 57 heavy (non-hydrogen) atoms. The molecular formula is C54H35N3. The zero-order chi connectivity index (χ0) is 65.3. The van der Waals surface area contributed by atoms with Gasteiger partial charge in [0.2, 0.25) is 0 Å². The Morgan fingerprint density at radius 3 is 1.14 bits per heavy atom. The average Bonchev–Trinajstić information content (AvgIpc) is 1.53. The van der Waals surface area contributed by atoms with Gasteiger partial charge in [-0.25, -0.2) is 0 Å². The van der Waals surface area contributed by atoms with Gasteiger partial charge in [0.25, 0.3) is 0 Å². The van der Waals surface area contributed by atoms with Crippen molar-refractivity contribution >= 4 is 65.4 Å². The monoisotopic (exact) mass is 757 g/mol. The van der Waals surface area contributed by atoms with Gasteiger partial charge >= 0.3 is 0 Å². The summed E-state index contributed by atoms with van der Waals surface area (Å²) < 4.78 is 298. The van der Waals surface area contributed by atoms with E-state index in [2.05, 4.69) is 0 Å². The molecule has 12 rings (SSSR count). The maximum absolute atomic E-state index is 10.2. The van der Waals surface area contributed by atoms with Gasteiger partial charge in [0, 0.05) is 43.4 Å². The molecule has 0 aliphatic carbocycles. The zero-order valence-corrected chi connectivity index (χ0v) is 28.6. The van der Waals surface area contributed by atoms with E-state index in [1.165, 1.54) is 6.07 Å². The molecule has 0 aliphatic rings. The second kappa shape index (κ2) is 12.5. The van der Waals surface area contributed by atoms with Crippen LogP contribution in [0.3, 0.4) is 0 Å². The van der Waals surface area contributed by atoms with Crippen molar-refractivity contribution < 1.29 is 43.9 Å². The van der Waals surface area contributed by atoms with Gasteiger partial charge < -0.3 is 13.7 Å². The summed E-state index contributed by atoms with van der Waals surface area (Å²) in [5.74, 6) is 0. The summed E-state index contributed by atoms with van der Waals surface area (Å²) in [4.78, 5) is 0. The first-order chi connectivity index (χ1) is 41.6. The normalized spacial score (nSPS) is 19.7. The van der Waals surface area contributed by atoms with Crippen LogP contribution < -0.4 is 0 Å². The lowest BCUT2D eigenvalue weighted by molar-refractivity contribution is 1.11. The fourth-order valence-corrected chi connectivity index (χ4v) is 7.48. The lowest BCUT2D eigenvalue weighted by Gasteiger charge is -2.21. The smallest absolute Gasteiger partial charge is 0.0783 e. The van der Waals surface area contributed by atoms with E-state index >= 15 is 0 Å². The molecular weight excluding hydrogens is 691 g/mol. The first-order valence-electron chi connectivity index (χ1n) is 33.0. The van der Waals surface area contributed by atoms with Crippen LogP contribution in [0.5, 0.6) is 0 Å². The maximum atomic E-state index is 10.2. The third-order valence-corrected chi connectivity index (χ3v) is 9.67. The summed E-state index contributed by atoms with van der Waals surface area (Å²) in [5, 5.41) is -3.99. The highest BCUT2D eigenvalue weighted by molar-refractivity contribution is 6.18. The lowest BCUT2D eigenvalue weighted by atomic mass is 9.95. The SMILES string of the molecule is [2H]c1c([2H])c([2H])c(-c2cccc(-c3c([2H])c([2H])c([2H])c([2H])c3[2H])c2-n2c3c([2H])c([2H])c([2H])c([2H])c3c3c([2H])c([2H])c([2H])c(-n4c5c([2H])c([2H])c([2H])c([2H])c5c5c([2H])c([2H])c([2H])c(-n6c7c([2H])c([2H])c([2H])c([2H])c7c7c([2H])c([2H])c([2H])c([2H])c76)c54)c32)c([2H])c1[2H]. The van der Waals surface area contributed by atoms with Crippen LogP contribution in [0.1, 0.15) is 43.9 Å². The second-order valence-electron chi connectivity index (χ2n) is 12.5. The van der Waals surface area contributed by atoms with E-state index in [0.717, 1.165) is 25.8 Å². The summed E-state index contributed by atoms with van der Waals surface area (Å²) in [6.07, 6.45) is 0. The standard InChI is InChI=1S/C54H35N3/c1-3-18-36(19-4-1)38-26-15-27-39(37-20-5-2-6-21-37)52(38)57-49-33-14-10-25-43(49)45-29-17-35-51(54(45)57)56-48-32-13-9-24-42(48)44-28-16-34-50(53(44)56)55-46-30-11-7-22-40(46)41-23-8-12-31-47(41)55/h1-35H/i1D,2D,3D,4D,5D,6D,7D,8D,9D,10D,11D,12D,13D,14D,16D,17D,18D,19D,20D,21D,22D,23D,24D,25D,28D,29D,30D,31D,32D,33D,34D,35D. The van der Waals surface area contributed by atoms with Gasteiger partial charge in [-0.2, -0.15) is 0 Å². The molecule has 0 bridgehead atoms. The topological polar surface area (TPSA) is 14.8 Å². The molecule has 0 saturated carbocycles. The molecule has 3 aromatic heterocycles. The molecule has 0 spiro atoms. The average molecular weight is 758 g/mol. The third-order valence-electron chi connectivity index (χ3n) is 9.67. The van der Waals surface area contributed by atoms with Crippen molar-refractivity contribution in [2.45, 2.75) is 0 Å². The largest absolute Gasteiger partial charge is 0.307 e. The number of fused-ring (bicyclic) bond motifs is 9. The minimum Gasteiger partial charge on any atom is -0.307 e. The molecule has 0 N–H and O–H groups in total. The van der Waals surface area contributed by atoms with Crippen molar-refractivity contribution in [3.8, 4) is 39.3 Å². The zero-order valence-electron chi connectivity index (χ0n) is 60.6. The Morgan fingerprint density at radius 2 is 0.649 bits per heavy atom. The van der Waals surface area contributed by atoms with Crippen molar-refractivity contribution in [1.82, 2.24) is 13.7 Å². The highest BCUT2D eigenvalue weighted by Gasteiger charge is 2.25. The predicted molar refractivity (Wildman–Crippen MR) is 240 cm³/mol. The van der Waals surface area contributed by atoms with E-state index in [1.54, 1.807) is 0 Å². The molecule has 9 aromatic carbocycles. The Labute approximate surface area is 374 Å². The van der Waals surface area contributed by atoms with Crippen molar-refractivity contribution in [3.05, 3.63) is 212 Å². The highest BCUT2D eigenvalue weighted by atomic mass is 15.1. The second-order valence-corrected chi connectivity index (χ2v) is 12.5. The number of hydrogen-bond acceptors (Lipinski definition) is 0. The first kappa shape index (κ1) is 13.5. The molecule has 3 heteroatoms. The van der Waals surface area contributed by atoms with Gasteiger partial charge in [0.05, 0.1) is 94.0 Å². The predicted octanol–water partition coefficient (Wildman–Crippen LogP) is 14.3. The number of para-hydroxylation sites is 7. The molecule has 0 radical (unpaired) electrons. The fraction of sp³-hybridized carbons (Fsp3) is 0. The van der Waals surface area contributed by atoms with E-state index in [-0.39, 0.29) is 0 Å². The molecule has 0 saturated heterocycles. The Bertz CT molecular complexity index is 5180. The molecule has 3 nitrogen and oxygen atoms in total. The number of nitrogens with zero attached hydrogens (tertiary/aromatic N) is 3. The van der Waals surface area contributed by atoms with Crippen LogP contribution in [0.25, 0.3) is 105 Å². The molecule has 0 atom stereocenters. The Morgan fingerprint density at radius 1 is 0.298 bits per heavy atom. The molecule has 0 aliphatic heterocycles. The molecule has 0 unspecified atom stereocenters. The van der Waals surface area contributed by atoms with E-state index in [9.17, 15) is 24.7 Å². The minimum atomic E-state index is -1.16. The van der Waals surface area contributed by atoms with E-state index in [4.69, 9.17) is 19.2 Å². The van der Waals surface area contributed by atoms with Gasteiger partial charge in [0.15, 0.2) is 0 Å². The van der Waals surface area contributed by atoms with Crippen molar-refractivity contribution in [2.75, 3.05) is 0 Å². The number of hydrogen-bond donors (Lipinski definition) is 0. The van der Waals surface area contributed by atoms with E-state index in [1.807, 2.05) is 0 Å². The number of aromatic nitrogens is 3. The van der Waals surface area contributed by atoms with E-state index in [0.29, 0.717) is 0 Å². The van der Waals surface area contributed by atoms with Gasteiger partial charge in [-0.3, -0.25) is 0 Å². The van der Waals surface area contributed by atoms with Crippen LogP contribution in [-0.4, -0.2) is 13.7 Å². The quantitative estimate of drug-likeness (QED) is 0.166. The summed E-state index contributed by atoms with van der Waals surface area (Å²) in [6, 6.07) is -27.8. The molecule has 3 heterocycles. The van der Waals surface area contributed by atoms with Crippen molar-refractivity contribution in [3.63, 3.8) is 0 Å². The van der Waals surface area contributed by atoms with Crippen LogP contribution >= 0.6 is 0 Å². The Kier molecular flexibility index (Phi) is 2.96. The van der Waals surface area contributed by atoms with Gasteiger partial charge in [-0.15, -0.1) is 0 Å². The summed E-state index contributed by atoms with van der Waals surface area (Å²) >= 11 is 0. The summed E-state index contributed by atoms with van der Waals surface area (Å²) in [7, 11) is 0. The molecule has 266 valence electrons. The van der Waals surface area contributed by atoms with Crippen LogP contribution in [0.4, 0.5) is 0 Å². The van der Waals surface area contributed by atoms with Crippen molar-refractivity contribution in [1.29, 1.82) is 0 Å². The van der Waals surface area contributed by atoms with Gasteiger partial charge in [-0.1, -0.05) is 175 Å². The maximum Gasteiger partial charge on any atom is 0.0783 e. The third kappa shape index (κ3) is 4.60. The molecule has 0 amide bonds. The highest BCUT2D eigenvalue weighted by Crippen LogP contribution is 2.45. The van der Waals surface area contributed by atoms with E-state index < -0.39 is 298 Å². The first-order valence-corrected chi connectivity index (χ1v) is 17.0. The van der Waals surface area contributed by atoms with Gasteiger partial charge in [-0.05, 0) is 47.4 Å². The fourth-order valence-electron chi connectivity index (χ4n) is 7.48. The Hall–Kier alpha value is -7.62. The summed E-state index contributed by atoms with van der Waals surface area (Å²) in [6.45, 7) is 0. The van der Waals surface area contributed by atoms with Crippen LogP contribution in [0, 0.1) is 0 Å². The number of rotatable bonds is 5. The molecule has 12 aromatic rings. The lowest BCUT2D eigenvalue weighted by Crippen LogP contribution is -2.05. The van der Waals surface area contributed by atoms with Crippen LogP contribution in [0.2, 0.25) is 0 Å².